The number of aliphatic imine (C=N–C) groups is 1. The summed E-state index contributed by atoms with van der Waals surface area (Å²) in [5.41, 5.74) is 0.645. The number of amides is 1. The van der Waals surface area contributed by atoms with Gasteiger partial charge in [0.25, 0.3) is 5.91 Å². The van der Waals surface area contributed by atoms with Gasteiger partial charge in [-0.1, -0.05) is 28.1 Å². The van der Waals surface area contributed by atoms with Gasteiger partial charge in [0.15, 0.2) is 5.96 Å². The van der Waals surface area contributed by atoms with Gasteiger partial charge in [-0.15, -0.1) is 11.3 Å². The summed E-state index contributed by atoms with van der Waals surface area (Å²) in [6.45, 7) is 2.05. The van der Waals surface area contributed by atoms with Crippen molar-refractivity contribution in [1.29, 1.82) is 0 Å². The quantitative estimate of drug-likeness (QED) is 0.409. The van der Waals surface area contributed by atoms with Crippen molar-refractivity contribution in [3.63, 3.8) is 0 Å². The number of likely N-dealkylation sites (N-methyl/N-ethyl adjacent to an activating group) is 1. The van der Waals surface area contributed by atoms with Gasteiger partial charge in [0.1, 0.15) is 0 Å². The zero-order valence-corrected chi connectivity index (χ0v) is 16.9. The zero-order chi connectivity index (χ0) is 18.1. The van der Waals surface area contributed by atoms with E-state index < -0.39 is 0 Å². The smallest absolute Gasteiger partial charge is 0.251 e. The van der Waals surface area contributed by atoms with E-state index >= 15 is 0 Å². The van der Waals surface area contributed by atoms with E-state index in [1.807, 2.05) is 19.2 Å². The van der Waals surface area contributed by atoms with Gasteiger partial charge < -0.3 is 15.5 Å². The van der Waals surface area contributed by atoms with E-state index in [0.29, 0.717) is 18.7 Å². The first-order valence-corrected chi connectivity index (χ1v) is 9.75. The van der Waals surface area contributed by atoms with Crippen molar-refractivity contribution in [2.45, 2.75) is 6.42 Å². The first-order chi connectivity index (χ1) is 12.1. The van der Waals surface area contributed by atoms with Crippen LogP contribution in [0, 0.1) is 0 Å². The summed E-state index contributed by atoms with van der Waals surface area (Å²) in [4.78, 5) is 19.8. The fourth-order valence-corrected chi connectivity index (χ4v) is 3.40. The molecule has 2 rings (SSSR count). The van der Waals surface area contributed by atoms with Crippen molar-refractivity contribution in [3.05, 3.63) is 56.7 Å². The molecule has 25 heavy (non-hydrogen) atoms. The van der Waals surface area contributed by atoms with Gasteiger partial charge >= 0.3 is 0 Å². The molecule has 1 amide bonds. The van der Waals surface area contributed by atoms with Crippen LogP contribution in [0.2, 0.25) is 0 Å². The third-order valence-corrected chi connectivity index (χ3v) is 5.06. The molecule has 0 spiro atoms. The predicted molar refractivity (Wildman–Crippen MR) is 108 cm³/mol. The molecule has 1 heterocycles. The lowest BCUT2D eigenvalue weighted by atomic mass is 10.2. The van der Waals surface area contributed by atoms with Gasteiger partial charge in [-0.05, 0) is 36.1 Å². The number of hydrogen-bond acceptors (Lipinski definition) is 3. The van der Waals surface area contributed by atoms with Crippen molar-refractivity contribution < 1.29 is 4.79 Å². The first kappa shape index (κ1) is 19.5. The molecule has 0 unspecified atom stereocenters. The molecule has 0 aliphatic rings. The summed E-state index contributed by atoms with van der Waals surface area (Å²) in [6.07, 6.45) is 0.995. The molecular weight excluding hydrogens is 400 g/mol. The first-order valence-electron chi connectivity index (χ1n) is 8.08. The van der Waals surface area contributed by atoms with Crippen LogP contribution in [0.4, 0.5) is 0 Å². The Kier molecular flexibility index (Phi) is 7.94. The van der Waals surface area contributed by atoms with Gasteiger partial charge in [0, 0.05) is 48.6 Å². The van der Waals surface area contributed by atoms with Crippen molar-refractivity contribution in [2.24, 2.45) is 4.99 Å². The highest BCUT2D eigenvalue weighted by Gasteiger charge is 2.07. The zero-order valence-electron chi connectivity index (χ0n) is 14.5. The van der Waals surface area contributed by atoms with Crippen LogP contribution in [0.15, 0.2) is 51.2 Å². The largest absolute Gasteiger partial charge is 0.354 e. The minimum atomic E-state index is -0.0795. The second-order valence-electron chi connectivity index (χ2n) is 5.49. The lowest BCUT2D eigenvalue weighted by molar-refractivity contribution is 0.0954. The Balaban J connectivity index is 1.70. The minimum Gasteiger partial charge on any atom is -0.354 e. The summed E-state index contributed by atoms with van der Waals surface area (Å²) >= 11 is 5.14. The maximum Gasteiger partial charge on any atom is 0.251 e. The highest BCUT2D eigenvalue weighted by Crippen LogP contribution is 2.11. The van der Waals surface area contributed by atoms with E-state index in [1.54, 1.807) is 30.5 Å². The average Bonchev–Trinajstić information content (AvgIpc) is 3.13. The number of benzene rings is 1. The molecule has 134 valence electrons. The predicted octanol–water partition coefficient (Wildman–Crippen LogP) is 2.99. The van der Waals surface area contributed by atoms with Crippen LogP contribution in [0.25, 0.3) is 0 Å². The maximum atomic E-state index is 12.1. The molecule has 0 atom stereocenters. The van der Waals surface area contributed by atoms with Crippen molar-refractivity contribution in [3.8, 4) is 0 Å². The standard InChI is InChI=1S/C18H23BrN4OS/c1-20-18(23(2)11-8-16-7-4-12-25-16)22-10-9-21-17(24)14-5-3-6-15(19)13-14/h3-7,12-13H,8-11H2,1-2H3,(H,20,22)(H,21,24). The van der Waals surface area contributed by atoms with E-state index in [0.717, 1.165) is 23.4 Å². The van der Waals surface area contributed by atoms with Crippen LogP contribution in [-0.4, -0.2) is 50.5 Å². The molecule has 1 aromatic heterocycles. The Bertz CT molecular complexity index is 703. The van der Waals surface area contributed by atoms with E-state index in [-0.39, 0.29) is 5.91 Å². The van der Waals surface area contributed by atoms with E-state index in [4.69, 9.17) is 0 Å². The third kappa shape index (κ3) is 6.51. The molecule has 0 aliphatic heterocycles. The molecule has 0 aliphatic carbocycles. The Labute approximate surface area is 161 Å². The molecule has 0 fully saturated rings. The van der Waals surface area contributed by atoms with Gasteiger partial charge in [-0.3, -0.25) is 9.79 Å². The number of hydrogen-bond donors (Lipinski definition) is 2. The molecule has 0 bridgehead atoms. The molecule has 2 aromatic rings. The lowest BCUT2D eigenvalue weighted by Crippen LogP contribution is -2.43. The molecular formula is C18H23BrN4OS. The average molecular weight is 423 g/mol. The van der Waals surface area contributed by atoms with Crippen molar-refractivity contribution in [1.82, 2.24) is 15.5 Å². The van der Waals surface area contributed by atoms with Gasteiger partial charge in [0.05, 0.1) is 0 Å². The number of nitrogens with zero attached hydrogens (tertiary/aromatic N) is 2. The highest BCUT2D eigenvalue weighted by atomic mass is 79.9. The highest BCUT2D eigenvalue weighted by molar-refractivity contribution is 9.10. The number of carbonyl (C=O) groups excluding carboxylic acids is 1. The molecule has 0 saturated carbocycles. The minimum absolute atomic E-state index is 0.0795. The molecule has 7 heteroatoms. The number of rotatable bonds is 7. The fraction of sp³-hybridized carbons (Fsp3) is 0.333. The summed E-state index contributed by atoms with van der Waals surface area (Å²) < 4.78 is 0.894. The normalized spacial score (nSPS) is 11.2. The Morgan fingerprint density at radius 3 is 2.72 bits per heavy atom. The maximum absolute atomic E-state index is 12.1. The Hall–Kier alpha value is -1.86. The summed E-state index contributed by atoms with van der Waals surface area (Å²) in [7, 11) is 3.78. The van der Waals surface area contributed by atoms with Crippen LogP contribution in [0.5, 0.6) is 0 Å². The number of guanidine groups is 1. The number of carbonyl (C=O) groups is 1. The van der Waals surface area contributed by atoms with Crippen LogP contribution < -0.4 is 10.6 Å². The van der Waals surface area contributed by atoms with E-state index in [1.165, 1.54) is 4.88 Å². The molecule has 5 nitrogen and oxygen atoms in total. The third-order valence-electron chi connectivity index (χ3n) is 3.63. The summed E-state index contributed by atoms with van der Waals surface area (Å²) in [5, 5.41) is 8.27. The van der Waals surface area contributed by atoms with Crippen molar-refractivity contribution in [2.75, 3.05) is 33.7 Å². The second-order valence-corrected chi connectivity index (χ2v) is 7.44. The number of nitrogens with one attached hydrogen (secondary N) is 2. The SMILES string of the molecule is CN=C(NCCNC(=O)c1cccc(Br)c1)N(C)CCc1cccs1. The molecule has 1 aromatic carbocycles. The van der Waals surface area contributed by atoms with E-state index in [2.05, 4.69) is 54.0 Å². The Morgan fingerprint density at radius 1 is 1.24 bits per heavy atom. The monoisotopic (exact) mass is 422 g/mol. The van der Waals surface area contributed by atoms with Crippen molar-refractivity contribution >= 4 is 39.1 Å². The molecule has 0 radical (unpaired) electrons. The number of halogens is 1. The van der Waals surface area contributed by atoms with Gasteiger partial charge in [-0.25, -0.2) is 0 Å². The molecule has 2 N–H and O–H groups in total. The summed E-state index contributed by atoms with van der Waals surface area (Å²) in [6, 6.07) is 11.6. The van der Waals surface area contributed by atoms with Crippen LogP contribution in [0.3, 0.4) is 0 Å². The fourth-order valence-electron chi connectivity index (χ4n) is 2.31. The van der Waals surface area contributed by atoms with Gasteiger partial charge in [-0.2, -0.15) is 0 Å². The topological polar surface area (TPSA) is 56.7 Å². The van der Waals surface area contributed by atoms with Crippen LogP contribution in [0.1, 0.15) is 15.2 Å². The van der Waals surface area contributed by atoms with Crippen LogP contribution in [-0.2, 0) is 6.42 Å². The number of thiophene rings is 1. The molecule has 0 saturated heterocycles. The van der Waals surface area contributed by atoms with Gasteiger partial charge in [0.2, 0.25) is 0 Å². The lowest BCUT2D eigenvalue weighted by Gasteiger charge is -2.21. The van der Waals surface area contributed by atoms with E-state index in [9.17, 15) is 4.79 Å². The second kappa shape index (κ2) is 10.2. The summed E-state index contributed by atoms with van der Waals surface area (Å²) in [5.74, 6) is 0.748. The van der Waals surface area contributed by atoms with Crippen LogP contribution >= 0.6 is 27.3 Å². The Morgan fingerprint density at radius 2 is 2.04 bits per heavy atom.